The molecule has 0 radical (unpaired) electrons. The molecule has 1 aromatic carbocycles. The van der Waals surface area contributed by atoms with Gasteiger partial charge in [0.05, 0.1) is 0 Å². The van der Waals surface area contributed by atoms with Gasteiger partial charge in [-0.2, -0.15) is 0 Å². The molecule has 112 valence electrons. The van der Waals surface area contributed by atoms with Crippen LogP contribution in [0.5, 0.6) is 0 Å². The number of rotatable bonds is 8. The van der Waals surface area contributed by atoms with Crippen molar-refractivity contribution in [2.45, 2.75) is 77.2 Å². The van der Waals surface area contributed by atoms with Crippen LogP contribution in [0.1, 0.15) is 81.9 Å². The first kappa shape index (κ1) is 15.6. The van der Waals surface area contributed by atoms with Gasteiger partial charge in [-0.25, -0.2) is 0 Å². The van der Waals surface area contributed by atoms with Crippen molar-refractivity contribution in [3.05, 3.63) is 35.4 Å². The Kier molecular flexibility index (Phi) is 6.59. The highest BCUT2D eigenvalue weighted by atomic mass is 14.7. The molecule has 0 saturated carbocycles. The van der Waals surface area contributed by atoms with Gasteiger partial charge in [-0.3, -0.25) is 0 Å². The first-order valence-corrected chi connectivity index (χ1v) is 8.66. The molecule has 2 unspecified atom stereocenters. The van der Waals surface area contributed by atoms with E-state index in [1.165, 1.54) is 75.3 Å². The average molecular weight is 273 g/mol. The van der Waals surface area contributed by atoms with E-state index >= 15 is 0 Å². The predicted octanol–water partition coefficient (Wildman–Crippen LogP) is 5.39. The second-order valence-corrected chi connectivity index (χ2v) is 6.43. The third-order valence-corrected chi connectivity index (χ3v) is 4.89. The minimum atomic E-state index is 0.278. The summed E-state index contributed by atoms with van der Waals surface area (Å²) >= 11 is 0. The van der Waals surface area contributed by atoms with Crippen LogP contribution < -0.4 is 5.73 Å². The molecule has 20 heavy (non-hydrogen) atoms. The van der Waals surface area contributed by atoms with Crippen molar-refractivity contribution in [3.63, 3.8) is 0 Å². The van der Waals surface area contributed by atoms with Crippen LogP contribution in [-0.4, -0.2) is 0 Å². The van der Waals surface area contributed by atoms with Crippen LogP contribution >= 0.6 is 0 Å². The van der Waals surface area contributed by atoms with Crippen LogP contribution in [0.3, 0.4) is 0 Å². The van der Waals surface area contributed by atoms with E-state index in [2.05, 4.69) is 31.2 Å². The Bertz CT molecular complexity index is 385. The second kappa shape index (κ2) is 8.46. The van der Waals surface area contributed by atoms with Gasteiger partial charge in [0.25, 0.3) is 0 Å². The summed E-state index contributed by atoms with van der Waals surface area (Å²) in [6, 6.07) is 9.03. The van der Waals surface area contributed by atoms with E-state index in [0.717, 1.165) is 0 Å². The number of nitrogens with two attached hydrogens (primary N) is 1. The lowest BCUT2D eigenvalue weighted by atomic mass is 9.78. The second-order valence-electron chi connectivity index (χ2n) is 6.43. The molecule has 0 aromatic heterocycles. The molecule has 1 heteroatoms. The molecule has 0 spiro atoms. The topological polar surface area (TPSA) is 26.0 Å². The Hall–Kier alpha value is -0.820. The SMILES string of the molecule is CCCCCCCCCC1CCc2ccccc2C1N. The van der Waals surface area contributed by atoms with E-state index in [4.69, 9.17) is 5.73 Å². The highest BCUT2D eigenvalue weighted by molar-refractivity contribution is 5.32. The molecular weight excluding hydrogens is 242 g/mol. The maximum absolute atomic E-state index is 6.47. The highest BCUT2D eigenvalue weighted by Gasteiger charge is 2.25. The van der Waals surface area contributed by atoms with Crippen LogP contribution in [0.2, 0.25) is 0 Å². The van der Waals surface area contributed by atoms with Crippen LogP contribution in [0.25, 0.3) is 0 Å². The van der Waals surface area contributed by atoms with Crippen molar-refractivity contribution in [2.75, 3.05) is 0 Å². The summed E-state index contributed by atoms with van der Waals surface area (Å²) in [4.78, 5) is 0. The molecule has 2 atom stereocenters. The monoisotopic (exact) mass is 273 g/mol. The van der Waals surface area contributed by atoms with Crippen molar-refractivity contribution in [2.24, 2.45) is 11.7 Å². The predicted molar refractivity (Wildman–Crippen MR) is 87.8 cm³/mol. The summed E-state index contributed by atoms with van der Waals surface area (Å²) in [6.45, 7) is 2.28. The maximum atomic E-state index is 6.47. The van der Waals surface area contributed by atoms with E-state index in [-0.39, 0.29) is 6.04 Å². The minimum absolute atomic E-state index is 0.278. The molecule has 0 heterocycles. The van der Waals surface area contributed by atoms with Gasteiger partial charge in [0.15, 0.2) is 0 Å². The van der Waals surface area contributed by atoms with Crippen molar-refractivity contribution in [1.82, 2.24) is 0 Å². The van der Waals surface area contributed by atoms with Crippen molar-refractivity contribution >= 4 is 0 Å². The highest BCUT2D eigenvalue weighted by Crippen LogP contribution is 2.35. The number of hydrogen-bond donors (Lipinski definition) is 1. The number of aryl methyl sites for hydroxylation is 1. The van der Waals surface area contributed by atoms with Gasteiger partial charge < -0.3 is 5.73 Å². The van der Waals surface area contributed by atoms with Crippen molar-refractivity contribution in [3.8, 4) is 0 Å². The molecule has 0 aliphatic heterocycles. The molecule has 2 rings (SSSR count). The molecule has 1 nitrogen and oxygen atoms in total. The van der Waals surface area contributed by atoms with E-state index in [1.54, 1.807) is 0 Å². The third kappa shape index (κ3) is 4.34. The van der Waals surface area contributed by atoms with E-state index in [9.17, 15) is 0 Å². The normalized spacial score (nSPS) is 21.7. The largest absolute Gasteiger partial charge is 0.324 e. The average Bonchev–Trinajstić information content (AvgIpc) is 2.49. The number of unbranched alkanes of at least 4 members (excludes halogenated alkanes) is 6. The van der Waals surface area contributed by atoms with Gasteiger partial charge in [0, 0.05) is 6.04 Å². The fourth-order valence-electron chi connectivity index (χ4n) is 3.55. The molecule has 1 aliphatic rings. The van der Waals surface area contributed by atoms with Gasteiger partial charge in [0.2, 0.25) is 0 Å². The zero-order chi connectivity index (χ0) is 14.2. The van der Waals surface area contributed by atoms with E-state index in [1.807, 2.05) is 0 Å². The number of benzene rings is 1. The lowest BCUT2D eigenvalue weighted by molar-refractivity contribution is 0.341. The van der Waals surface area contributed by atoms with Crippen LogP contribution in [0, 0.1) is 5.92 Å². The fourth-order valence-corrected chi connectivity index (χ4v) is 3.55. The Balaban J connectivity index is 1.67. The van der Waals surface area contributed by atoms with Gasteiger partial charge in [-0.1, -0.05) is 76.1 Å². The van der Waals surface area contributed by atoms with E-state index < -0.39 is 0 Å². The molecule has 0 fully saturated rings. The fraction of sp³-hybridized carbons (Fsp3) is 0.684. The molecule has 2 N–H and O–H groups in total. The number of fused-ring (bicyclic) bond motifs is 1. The van der Waals surface area contributed by atoms with Crippen LogP contribution in [0.4, 0.5) is 0 Å². The Morgan fingerprint density at radius 2 is 1.70 bits per heavy atom. The summed E-state index contributed by atoms with van der Waals surface area (Å²) < 4.78 is 0. The summed E-state index contributed by atoms with van der Waals surface area (Å²) in [5.41, 5.74) is 9.36. The van der Waals surface area contributed by atoms with Crippen molar-refractivity contribution < 1.29 is 0 Å². The molecule has 1 aliphatic carbocycles. The maximum Gasteiger partial charge on any atom is 0.0326 e. The molecule has 0 saturated heterocycles. The Labute approximate surface area is 125 Å². The lowest BCUT2D eigenvalue weighted by Crippen LogP contribution is -2.27. The molecule has 0 bridgehead atoms. The first-order valence-electron chi connectivity index (χ1n) is 8.66. The lowest BCUT2D eigenvalue weighted by Gasteiger charge is -2.31. The van der Waals surface area contributed by atoms with Gasteiger partial charge >= 0.3 is 0 Å². The zero-order valence-electron chi connectivity index (χ0n) is 13.1. The summed E-state index contributed by atoms with van der Waals surface area (Å²) in [5, 5.41) is 0. The van der Waals surface area contributed by atoms with E-state index in [0.29, 0.717) is 5.92 Å². The minimum Gasteiger partial charge on any atom is -0.324 e. The molecule has 1 aromatic rings. The quantitative estimate of drug-likeness (QED) is 0.631. The van der Waals surface area contributed by atoms with Gasteiger partial charge in [-0.15, -0.1) is 0 Å². The summed E-state index contributed by atoms with van der Waals surface area (Å²) in [7, 11) is 0. The molecular formula is C19H31N. The van der Waals surface area contributed by atoms with Crippen molar-refractivity contribution in [1.29, 1.82) is 0 Å². The smallest absolute Gasteiger partial charge is 0.0326 e. The standard InChI is InChI=1S/C19H31N/c1-2-3-4-5-6-7-8-12-17-15-14-16-11-9-10-13-18(16)19(17)20/h9-11,13,17,19H,2-8,12,14-15,20H2,1H3. The van der Waals surface area contributed by atoms with Gasteiger partial charge in [0.1, 0.15) is 0 Å². The van der Waals surface area contributed by atoms with Crippen LogP contribution in [0.15, 0.2) is 24.3 Å². The Morgan fingerprint density at radius 1 is 1.00 bits per heavy atom. The first-order chi connectivity index (χ1) is 9.83. The Morgan fingerprint density at radius 3 is 2.50 bits per heavy atom. The van der Waals surface area contributed by atoms with Crippen LogP contribution in [-0.2, 0) is 6.42 Å². The zero-order valence-corrected chi connectivity index (χ0v) is 13.1. The van der Waals surface area contributed by atoms with Gasteiger partial charge in [-0.05, 0) is 36.3 Å². The summed E-state index contributed by atoms with van der Waals surface area (Å²) in [6.07, 6.45) is 13.6. The third-order valence-electron chi connectivity index (χ3n) is 4.89. The number of hydrogen-bond acceptors (Lipinski definition) is 1. The molecule has 0 amide bonds. The summed E-state index contributed by atoms with van der Waals surface area (Å²) in [5.74, 6) is 0.709.